The number of carbonyl (C=O) groups is 1. The van der Waals surface area contributed by atoms with Gasteiger partial charge in [-0.25, -0.2) is 4.79 Å². The number of carbonyl (C=O) groups excluding carboxylic acids is 1. The Morgan fingerprint density at radius 3 is 2.28 bits per heavy atom. The van der Waals surface area contributed by atoms with Gasteiger partial charge in [0.1, 0.15) is 5.75 Å². The Labute approximate surface area is 107 Å². The van der Waals surface area contributed by atoms with Gasteiger partial charge in [-0.05, 0) is 24.3 Å². The number of nitrogens with zero attached hydrogens (tertiary/aromatic N) is 2. The summed E-state index contributed by atoms with van der Waals surface area (Å²) >= 11 is 0. The molecule has 0 spiro atoms. The number of nitrogens with one attached hydrogen (secondary N) is 1. The van der Waals surface area contributed by atoms with E-state index in [9.17, 15) is 4.79 Å². The van der Waals surface area contributed by atoms with E-state index in [1.165, 1.54) is 5.69 Å². The van der Waals surface area contributed by atoms with E-state index in [4.69, 9.17) is 4.74 Å². The molecule has 0 aliphatic carbocycles. The van der Waals surface area contributed by atoms with Gasteiger partial charge in [-0.15, -0.1) is 0 Å². The Bertz CT molecular complexity index is 397. The van der Waals surface area contributed by atoms with Crippen LogP contribution in [0.3, 0.4) is 0 Å². The fraction of sp³-hybridized carbons (Fsp3) is 0.462. The first-order chi connectivity index (χ1) is 8.74. The number of benzene rings is 1. The second-order valence-electron chi connectivity index (χ2n) is 4.23. The van der Waals surface area contributed by atoms with Gasteiger partial charge in [0, 0.05) is 38.9 Å². The molecule has 0 aromatic heterocycles. The van der Waals surface area contributed by atoms with Crippen LogP contribution in [-0.2, 0) is 0 Å². The predicted molar refractivity (Wildman–Crippen MR) is 71.2 cm³/mol. The molecule has 0 saturated carbocycles. The normalized spacial score (nSPS) is 15.4. The molecule has 0 unspecified atom stereocenters. The monoisotopic (exact) mass is 249 g/mol. The van der Waals surface area contributed by atoms with Crippen molar-refractivity contribution in [2.24, 2.45) is 0 Å². The summed E-state index contributed by atoms with van der Waals surface area (Å²) in [5.74, 6) is 0.864. The summed E-state index contributed by atoms with van der Waals surface area (Å²) in [6, 6.07) is 8.02. The van der Waals surface area contributed by atoms with E-state index in [2.05, 4.69) is 10.2 Å². The number of piperazine rings is 1. The van der Waals surface area contributed by atoms with E-state index in [0.29, 0.717) is 0 Å². The molecule has 18 heavy (non-hydrogen) atoms. The summed E-state index contributed by atoms with van der Waals surface area (Å²) in [6.45, 7) is 3.23. The van der Waals surface area contributed by atoms with Gasteiger partial charge in [-0.1, -0.05) is 0 Å². The second-order valence-corrected chi connectivity index (χ2v) is 4.23. The zero-order chi connectivity index (χ0) is 13.0. The zero-order valence-electron chi connectivity index (χ0n) is 10.8. The van der Waals surface area contributed by atoms with Gasteiger partial charge in [0.2, 0.25) is 0 Å². The molecule has 2 amide bonds. The van der Waals surface area contributed by atoms with Crippen LogP contribution in [-0.4, -0.2) is 51.3 Å². The van der Waals surface area contributed by atoms with Crippen LogP contribution in [0, 0.1) is 0 Å². The number of hydrogen-bond donors (Lipinski definition) is 1. The Balaban J connectivity index is 1.94. The molecule has 5 heteroatoms. The van der Waals surface area contributed by atoms with Crippen molar-refractivity contribution in [3.05, 3.63) is 24.3 Å². The molecule has 0 atom stereocenters. The highest BCUT2D eigenvalue weighted by atomic mass is 16.5. The molecular weight excluding hydrogens is 230 g/mol. The van der Waals surface area contributed by atoms with Crippen molar-refractivity contribution in [1.29, 1.82) is 0 Å². The number of anilines is 1. The summed E-state index contributed by atoms with van der Waals surface area (Å²) in [5, 5.41) is 2.66. The minimum atomic E-state index is 0.00406. The first-order valence-electron chi connectivity index (χ1n) is 6.10. The fourth-order valence-electron chi connectivity index (χ4n) is 2.12. The first kappa shape index (κ1) is 12.5. The van der Waals surface area contributed by atoms with Crippen molar-refractivity contribution >= 4 is 11.7 Å². The van der Waals surface area contributed by atoms with Crippen LogP contribution in [0.5, 0.6) is 5.75 Å². The maximum absolute atomic E-state index is 11.5. The molecule has 1 aromatic rings. The van der Waals surface area contributed by atoms with Crippen molar-refractivity contribution in [2.45, 2.75) is 0 Å². The third-order valence-corrected chi connectivity index (χ3v) is 3.22. The maximum Gasteiger partial charge on any atom is 0.317 e. The number of urea groups is 1. The number of ether oxygens (including phenoxy) is 1. The molecule has 0 bridgehead atoms. The Morgan fingerprint density at radius 1 is 1.17 bits per heavy atom. The summed E-state index contributed by atoms with van der Waals surface area (Å²) in [7, 11) is 3.33. The minimum absolute atomic E-state index is 0.00406. The van der Waals surface area contributed by atoms with E-state index in [0.717, 1.165) is 31.9 Å². The lowest BCUT2D eigenvalue weighted by atomic mass is 10.2. The van der Waals surface area contributed by atoms with Crippen LogP contribution >= 0.6 is 0 Å². The molecule has 1 aliphatic rings. The highest BCUT2D eigenvalue weighted by molar-refractivity contribution is 5.74. The quantitative estimate of drug-likeness (QED) is 0.855. The summed E-state index contributed by atoms with van der Waals surface area (Å²) in [5.41, 5.74) is 1.17. The third-order valence-electron chi connectivity index (χ3n) is 3.22. The van der Waals surface area contributed by atoms with E-state index >= 15 is 0 Å². The highest BCUT2D eigenvalue weighted by Crippen LogP contribution is 2.20. The number of rotatable bonds is 2. The van der Waals surface area contributed by atoms with Crippen molar-refractivity contribution in [2.75, 3.05) is 45.2 Å². The van der Waals surface area contributed by atoms with Gasteiger partial charge >= 0.3 is 6.03 Å². The third kappa shape index (κ3) is 2.67. The number of methoxy groups -OCH3 is 1. The maximum atomic E-state index is 11.5. The topological polar surface area (TPSA) is 44.8 Å². The van der Waals surface area contributed by atoms with Gasteiger partial charge in [0.25, 0.3) is 0 Å². The van der Waals surface area contributed by atoms with Crippen LogP contribution in [0.15, 0.2) is 24.3 Å². The zero-order valence-corrected chi connectivity index (χ0v) is 10.8. The Kier molecular flexibility index (Phi) is 3.92. The van der Waals surface area contributed by atoms with Crippen LogP contribution < -0.4 is 15.0 Å². The van der Waals surface area contributed by atoms with E-state index in [1.54, 1.807) is 14.2 Å². The van der Waals surface area contributed by atoms with Gasteiger partial charge in [0.05, 0.1) is 7.11 Å². The van der Waals surface area contributed by atoms with Crippen molar-refractivity contribution < 1.29 is 9.53 Å². The van der Waals surface area contributed by atoms with Crippen LogP contribution in [0.2, 0.25) is 0 Å². The van der Waals surface area contributed by atoms with Crippen LogP contribution in [0.4, 0.5) is 10.5 Å². The van der Waals surface area contributed by atoms with Gasteiger partial charge in [0.15, 0.2) is 0 Å². The molecule has 1 fully saturated rings. The average molecular weight is 249 g/mol. The molecule has 1 aromatic carbocycles. The van der Waals surface area contributed by atoms with Crippen molar-refractivity contribution in [3.63, 3.8) is 0 Å². The summed E-state index contributed by atoms with van der Waals surface area (Å²) < 4.78 is 5.14. The number of hydrogen-bond acceptors (Lipinski definition) is 3. The lowest BCUT2D eigenvalue weighted by molar-refractivity contribution is 0.196. The predicted octanol–water partition coefficient (Wildman–Crippen LogP) is 1.16. The second kappa shape index (κ2) is 5.62. The van der Waals surface area contributed by atoms with Gasteiger partial charge < -0.3 is 19.9 Å². The number of amides is 2. The van der Waals surface area contributed by atoms with Crippen LogP contribution in [0.25, 0.3) is 0 Å². The minimum Gasteiger partial charge on any atom is -0.497 e. The standard InChI is InChI=1S/C13H19N3O2/c1-14-13(17)16-9-7-15(8-10-16)11-3-5-12(18-2)6-4-11/h3-6H,7-10H2,1-2H3,(H,14,17). The van der Waals surface area contributed by atoms with E-state index in [1.807, 2.05) is 29.2 Å². The largest absolute Gasteiger partial charge is 0.497 e. The molecular formula is C13H19N3O2. The Morgan fingerprint density at radius 2 is 1.78 bits per heavy atom. The fourth-order valence-corrected chi connectivity index (χ4v) is 2.12. The molecule has 1 heterocycles. The molecule has 98 valence electrons. The summed E-state index contributed by atoms with van der Waals surface area (Å²) in [6.07, 6.45) is 0. The Hall–Kier alpha value is -1.91. The van der Waals surface area contributed by atoms with E-state index in [-0.39, 0.29) is 6.03 Å². The molecule has 1 aliphatic heterocycles. The average Bonchev–Trinajstić information content (AvgIpc) is 2.47. The van der Waals surface area contributed by atoms with Crippen LogP contribution in [0.1, 0.15) is 0 Å². The molecule has 2 rings (SSSR count). The smallest absolute Gasteiger partial charge is 0.317 e. The van der Waals surface area contributed by atoms with Gasteiger partial charge in [-0.3, -0.25) is 0 Å². The van der Waals surface area contributed by atoms with Crippen molar-refractivity contribution in [1.82, 2.24) is 10.2 Å². The first-order valence-corrected chi connectivity index (χ1v) is 6.10. The van der Waals surface area contributed by atoms with Gasteiger partial charge in [-0.2, -0.15) is 0 Å². The lowest BCUT2D eigenvalue weighted by Gasteiger charge is -2.35. The lowest BCUT2D eigenvalue weighted by Crippen LogP contribution is -2.51. The molecule has 1 saturated heterocycles. The molecule has 5 nitrogen and oxygen atoms in total. The molecule has 1 N–H and O–H groups in total. The SMILES string of the molecule is CNC(=O)N1CCN(c2ccc(OC)cc2)CC1. The van der Waals surface area contributed by atoms with Crippen molar-refractivity contribution in [3.8, 4) is 5.75 Å². The van der Waals surface area contributed by atoms with E-state index < -0.39 is 0 Å². The molecule has 0 radical (unpaired) electrons. The highest BCUT2D eigenvalue weighted by Gasteiger charge is 2.20. The summed E-state index contributed by atoms with van der Waals surface area (Å²) in [4.78, 5) is 15.6.